The molecule has 0 aliphatic carbocycles. The van der Waals surface area contributed by atoms with E-state index in [1.807, 2.05) is 0 Å². The summed E-state index contributed by atoms with van der Waals surface area (Å²) >= 11 is 12.3. The maximum atomic E-state index is 14.0. The minimum atomic E-state index is -4.64. The highest BCUT2D eigenvalue weighted by Crippen LogP contribution is 2.47. The van der Waals surface area contributed by atoms with Crippen LogP contribution in [0.25, 0.3) is 0 Å². The minimum absolute atomic E-state index is 0.105. The summed E-state index contributed by atoms with van der Waals surface area (Å²) in [5, 5.41) is 9.62. The van der Waals surface area contributed by atoms with E-state index in [1.54, 1.807) is 36.4 Å². The van der Waals surface area contributed by atoms with E-state index < -0.39 is 24.2 Å². The van der Waals surface area contributed by atoms with Gasteiger partial charge in [-0.1, -0.05) is 35.3 Å². The molecule has 0 bridgehead atoms. The lowest BCUT2D eigenvalue weighted by Crippen LogP contribution is -2.35. The average molecular weight is 515 g/mol. The van der Waals surface area contributed by atoms with Crippen LogP contribution in [-0.4, -0.2) is 36.1 Å². The van der Waals surface area contributed by atoms with Crippen LogP contribution in [0.5, 0.6) is 11.5 Å². The Morgan fingerprint density at radius 3 is 2.53 bits per heavy atom. The molecule has 1 aliphatic rings. The third kappa shape index (κ3) is 4.60. The van der Waals surface area contributed by atoms with Crippen LogP contribution in [0.15, 0.2) is 42.5 Å². The van der Waals surface area contributed by atoms with Crippen LogP contribution in [0.3, 0.4) is 0 Å². The van der Waals surface area contributed by atoms with E-state index in [9.17, 15) is 18.0 Å². The number of hydrogen-bond acceptors (Lipinski definition) is 5. The normalized spacial score (nSPS) is 17.5. The lowest BCUT2D eigenvalue weighted by Gasteiger charge is -2.33. The topological polar surface area (TPSA) is 77.4 Å². The molecule has 2 aromatic carbocycles. The number of benzene rings is 2. The SMILES string of the molecule is COc1ccc([C@@H]2C[C@H](C(F)(F)F)n3nc(C(=O)Nc4cccc(Cl)c4)c(Cl)c3N2)cc1OC. The molecule has 7 nitrogen and oxygen atoms in total. The van der Waals surface area contributed by atoms with Crippen LogP contribution >= 0.6 is 23.2 Å². The summed E-state index contributed by atoms with van der Waals surface area (Å²) in [6.07, 6.45) is -5.01. The van der Waals surface area contributed by atoms with E-state index in [1.165, 1.54) is 20.3 Å². The van der Waals surface area contributed by atoms with Crippen molar-refractivity contribution < 1.29 is 27.4 Å². The molecule has 0 saturated heterocycles. The third-order valence-electron chi connectivity index (χ3n) is 5.40. The van der Waals surface area contributed by atoms with Gasteiger partial charge in [-0.3, -0.25) is 4.79 Å². The van der Waals surface area contributed by atoms with Gasteiger partial charge in [0.25, 0.3) is 5.91 Å². The summed E-state index contributed by atoms with van der Waals surface area (Å²) in [5.74, 6) is -0.0552. The second kappa shape index (κ2) is 9.27. The number of halogens is 5. The molecule has 180 valence electrons. The maximum Gasteiger partial charge on any atom is 0.410 e. The van der Waals surface area contributed by atoms with Gasteiger partial charge in [-0.2, -0.15) is 18.3 Å². The van der Waals surface area contributed by atoms with Gasteiger partial charge in [0.2, 0.25) is 0 Å². The first kappa shape index (κ1) is 24.0. The number of aromatic nitrogens is 2. The van der Waals surface area contributed by atoms with Crippen LogP contribution in [-0.2, 0) is 0 Å². The highest BCUT2D eigenvalue weighted by atomic mass is 35.5. The van der Waals surface area contributed by atoms with Gasteiger partial charge < -0.3 is 20.1 Å². The van der Waals surface area contributed by atoms with Gasteiger partial charge in [-0.15, -0.1) is 0 Å². The Morgan fingerprint density at radius 1 is 1.15 bits per heavy atom. The largest absolute Gasteiger partial charge is 0.493 e. The molecular weight excluding hydrogens is 496 g/mol. The number of hydrogen-bond donors (Lipinski definition) is 2. The van der Waals surface area contributed by atoms with Crippen LogP contribution in [0.1, 0.15) is 34.6 Å². The number of nitrogens with zero attached hydrogens (tertiary/aromatic N) is 2. The van der Waals surface area contributed by atoms with Crippen LogP contribution in [0.2, 0.25) is 10.0 Å². The maximum absolute atomic E-state index is 14.0. The molecule has 0 saturated carbocycles. The fourth-order valence-electron chi connectivity index (χ4n) is 3.78. The zero-order chi connectivity index (χ0) is 24.6. The molecule has 1 amide bonds. The zero-order valence-electron chi connectivity index (χ0n) is 17.9. The number of nitrogens with one attached hydrogen (secondary N) is 2. The number of methoxy groups -OCH3 is 2. The molecule has 4 rings (SSSR count). The van der Waals surface area contributed by atoms with Crippen molar-refractivity contribution in [3.05, 3.63) is 63.8 Å². The molecule has 0 fully saturated rings. The molecule has 1 aliphatic heterocycles. The van der Waals surface area contributed by atoms with Gasteiger partial charge in [0, 0.05) is 17.1 Å². The molecule has 0 radical (unpaired) electrons. The Balaban J connectivity index is 1.71. The number of alkyl halides is 3. The van der Waals surface area contributed by atoms with Crippen molar-refractivity contribution in [2.45, 2.75) is 24.7 Å². The average Bonchev–Trinajstić information content (AvgIpc) is 3.13. The van der Waals surface area contributed by atoms with Crippen molar-refractivity contribution in [1.82, 2.24) is 9.78 Å². The van der Waals surface area contributed by atoms with E-state index >= 15 is 0 Å². The second-order valence-electron chi connectivity index (χ2n) is 7.52. The summed E-state index contributed by atoms with van der Waals surface area (Å²) in [6, 6.07) is 8.36. The molecule has 0 spiro atoms. The summed E-state index contributed by atoms with van der Waals surface area (Å²) in [5.41, 5.74) is 0.537. The number of fused-ring (bicyclic) bond motifs is 1. The summed E-state index contributed by atoms with van der Waals surface area (Å²) < 4.78 is 53.2. The van der Waals surface area contributed by atoms with Crippen molar-refractivity contribution in [3.63, 3.8) is 0 Å². The Kier molecular flexibility index (Phi) is 6.55. The van der Waals surface area contributed by atoms with E-state index in [2.05, 4.69) is 15.7 Å². The molecule has 3 aromatic rings. The first-order valence-corrected chi connectivity index (χ1v) is 10.8. The van der Waals surface area contributed by atoms with E-state index in [4.69, 9.17) is 32.7 Å². The van der Waals surface area contributed by atoms with Crippen molar-refractivity contribution in [2.24, 2.45) is 0 Å². The predicted octanol–water partition coefficient (Wildman–Crippen LogP) is 6.12. The summed E-state index contributed by atoms with van der Waals surface area (Å²) in [6.45, 7) is 0. The van der Waals surface area contributed by atoms with Crippen molar-refractivity contribution in [2.75, 3.05) is 24.9 Å². The van der Waals surface area contributed by atoms with Gasteiger partial charge in [-0.05, 0) is 35.9 Å². The van der Waals surface area contributed by atoms with Crippen LogP contribution < -0.4 is 20.1 Å². The van der Waals surface area contributed by atoms with Crippen molar-refractivity contribution in [3.8, 4) is 11.5 Å². The molecule has 0 unspecified atom stereocenters. The number of amides is 1. The molecule has 2 N–H and O–H groups in total. The van der Waals surface area contributed by atoms with Crippen LogP contribution in [0, 0.1) is 0 Å². The highest BCUT2D eigenvalue weighted by molar-refractivity contribution is 6.36. The molecule has 34 heavy (non-hydrogen) atoms. The zero-order valence-corrected chi connectivity index (χ0v) is 19.4. The minimum Gasteiger partial charge on any atom is -0.493 e. The van der Waals surface area contributed by atoms with Gasteiger partial charge in [-0.25, -0.2) is 4.68 Å². The van der Waals surface area contributed by atoms with Crippen molar-refractivity contribution >= 4 is 40.6 Å². The number of ether oxygens (including phenoxy) is 2. The fraction of sp³-hybridized carbons (Fsp3) is 0.273. The lowest BCUT2D eigenvalue weighted by molar-refractivity contribution is -0.173. The van der Waals surface area contributed by atoms with E-state index in [-0.39, 0.29) is 23.0 Å². The summed E-state index contributed by atoms with van der Waals surface area (Å²) in [4.78, 5) is 12.8. The van der Waals surface area contributed by atoms with Gasteiger partial charge in [0.15, 0.2) is 23.2 Å². The number of anilines is 2. The standard InChI is InChI=1S/C22H19Cl2F3N4O3/c1-33-15-7-6-11(8-16(15)34-2)14-10-17(22(25,26)27)31-20(29-14)18(24)19(30-31)21(32)28-13-5-3-4-12(23)9-13/h3-9,14,17,29H,10H2,1-2H3,(H,28,32)/t14-,17+/m0/s1. The van der Waals surface area contributed by atoms with Crippen LogP contribution in [0.4, 0.5) is 24.7 Å². The quantitative estimate of drug-likeness (QED) is 0.428. The Labute approximate surface area is 202 Å². The van der Waals surface area contributed by atoms with Gasteiger partial charge in [0.05, 0.1) is 20.3 Å². The number of carbonyl (C=O) groups excluding carboxylic acids is 1. The Morgan fingerprint density at radius 2 is 1.88 bits per heavy atom. The molecule has 2 atom stereocenters. The first-order chi connectivity index (χ1) is 16.1. The molecule has 2 heterocycles. The Bertz CT molecular complexity index is 1230. The lowest BCUT2D eigenvalue weighted by atomic mass is 9.96. The Hall–Kier alpha value is -3.11. The predicted molar refractivity (Wildman–Crippen MR) is 122 cm³/mol. The molecule has 12 heteroatoms. The van der Waals surface area contributed by atoms with Crippen molar-refractivity contribution in [1.29, 1.82) is 0 Å². The van der Waals surface area contributed by atoms with Gasteiger partial charge >= 0.3 is 6.18 Å². The first-order valence-electron chi connectivity index (χ1n) is 10.0. The van der Waals surface area contributed by atoms with Gasteiger partial charge in [0.1, 0.15) is 10.8 Å². The number of carbonyl (C=O) groups is 1. The second-order valence-corrected chi connectivity index (χ2v) is 8.34. The monoisotopic (exact) mass is 514 g/mol. The smallest absolute Gasteiger partial charge is 0.410 e. The molecule has 1 aromatic heterocycles. The molecular formula is C22H19Cl2F3N4O3. The highest BCUT2D eigenvalue weighted by Gasteiger charge is 2.48. The third-order valence-corrected chi connectivity index (χ3v) is 6.00. The number of rotatable bonds is 5. The summed E-state index contributed by atoms with van der Waals surface area (Å²) in [7, 11) is 2.90. The van der Waals surface area contributed by atoms with E-state index in [0.29, 0.717) is 32.5 Å². The fourth-order valence-corrected chi connectivity index (χ4v) is 4.23. The van der Waals surface area contributed by atoms with E-state index in [0.717, 1.165) is 0 Å².